The summed E-state index contributed by atoms with van der Waals surface area (Å²) >= 11 is 0. The predicted molar refractivity (Wildman–Crippen MR) is 112 cm³/mol. The van der Waals surface area contributed by atoms with E-state index in [1.165, 1.54) is 32.3 Å². The van der Waals surface area contributed by atoms with Gasteiger partial charge in [-0.3, -0.25) is 4.79 Å². The van der Waals surface area contributed by atoms with E-state index in [9.17, 15) is 21.6 Å². The Labute approximate surface area is 172 Å². The Bertz CT molecular complexity index is 1050. The summed E-state index contributed by atoms with van der Waals surface area (Å²) < 4.78 is 50.3. The van der Waals surface area contributed by atoms with E-state index in [0.717, 1.165) is 9.87 Å². The van der Waals surface area contributed by atoms with Crippen LogP contribution in [-0.2, 0) is 30.4 Å². The molecule has 9 heteroatoms. The predicted octanol–water partition coefficient (Wildman–Crippen LogP) is 2.12. The van der Waals surface area contributed by atoms with Gasteiger partial charge in [0.1, 0.15) is 0 Å². The first-order chi connectivity index (χ1) is 13.5. The van der Waals surface area contributed by atoms with E-state index in [0.29, 0.717) is 5.56 Å². The molecule has 2 rings (SSSR count). The largest absolute Gasteiger partial charge is 0.350 e. The fourth-order valence-electron chi connectivity index (χ4n) is 2.72. The van der Waals surface area contributed by atoms with Crippen molar-refractivity contribution in [3.63, 3.8) is 0 Å². The number of sulfonamides is 1. The van der Waals surface area contributed by atoms with Gasteiger partial charge in [-0.2, -0.15) is 0 Å². The Morgan fingerprint density at radius 3 is 2.28 bits per heavy atom. The average molecular weight is 439 g/mol. The first kappa shape index (κ1) is 23.1. The average Bonchev–Trinajstić information content (AvgIpc) is 2.67. The molecule has 7 nitrogen and oxygen atoms in total. The van der Waals surface area contributed by atoms with Gasteiger partial charge >= 0.3 is 0 Å². The zero-order chi connectivity index (χ0) is 21.7. The molecule has 0 aromatic heterocycles. The van der Waals surface area contributed by atoms with Crippen LogP contribution in [-0.4, -0.2) is 46.9 Å². The molecule has 0 saturated carbocycles. The number of nitrogens with zero attached hydrogens (tertiary/aromatic N) is 1. The number of hydrogen-bond donors (Lipinski definition) is 1. The van der Waals surface area contributed by atoms with E-state index in [4.69, 9.17) is 0 Å². The molecule has 0 spiro atoms. The van der Waals surface area contributed by atoms with E-state index in [1.54, 1.807) is 6.07 Å². The number of sulfone groups is 1. The van der Waals surface area contributed by atoms with E-state index in [1.807, 2.05) is 37.3 Å². The lowest BCUT2D eigenvalue weighted by Gasteiger charge is -2.14. The molecule has 1 amide bonds. The summed E-state index contributed by atoms with van der Waals surface area (Å²) in [5, 5.41) is 2.79. The molecular formula is C20H26N2O5S2. The van der Waals surface area contributed by atoms with Gasteiger partial charge in [0.2, 0.25) is 15.9 Å². The normalized spacial score (nSPS) is 13.2. The van der Waals surface area contributed by atoms with E-state index < -0.39 is 19.9 Å². The summed E-state index contributed by atoms with van der Waals surface area (Å²) in [6.45, 7) is 1.83. The lowest BCUT2D eigenvalue weighted by Crippen LogP contribution is -2.28. The molecule has 0 aliphatic heterocycles. The maximum Gasteiger partial charge on any atom is 0.242 e. The van der Waals surface area contributed by atoms with Crippen LogP contribution in [0.2, 0.25) is 0 Å². The Morgan fingerprint density at radius 2 is 1.66 bits per heavy atom. The van der Waals surface area contributed by atoms with Crippen molar-refractivity contribution in [1.29, 1.82) is 0 Å². The van der Waals surface area contributed by atoms with Crippen LogP contribution < -0.4 is 5.32 Å². The highest BCUT2D eigenvalue weighted by atomic mass is 32.2. The zero-order valence-electron chi connectivity index (χ0n) is 16.7. The van der Waals surface area contributed by atoms with Crippen LogP contribution in [0.15, 0.2) is 59.5 Å². The van der Waals surface area contributed by atoms with Crippen LogP contribution in [0.1, 0.15) is 30.5 Å². The van der Waals surface area contributed by atoms with Crippen molar-refractivity contribution in [2.24, 2.45) is 0 Å². The zero-order valence-corrected chi connectivity index (χ0v) is 18.3. The second-order valence-corrected chi connectivity index (χ2v) is 11.3. The third-order valence-electron chi connectivity index (χ3n) is 4.38. The minimum absolute atomic E-state index is 0.0321. The smallest absolute Gasteiger partial charge is 0.242 e. The number of carbonyl (C=O) groups is 1. The summed E-state index contributed by atoms with van der Waals surface area (Å²) in [7, 11) is -4.41. The topological polar surface area (TPSA) is 101 Å². The lowest BCUT2D eigenvalue weighted by molar-refractivity contribution is -0.121. The molecule has 0 aliphatic carbocycles. The van der Waals surface area contributed by atoms with Crippen molar-refractivity contribution < 1.29 is 21.6 Å². The maximum atomic E-state index is 12.4. The minimum atomic E-state index is -3.65. The monoisotopic (exact) mass is 438 g/mol. The molecule has 2 aromatic rings. The van der Waals surface area contributed by atoms with E-state index in [-0.39, 0.29) is 34.8 Å². The maximum absolute atomic E-state index is 12.4. The second-order valence-electron chi connectivity index (χ2n) is 6.98. The van der Waals surface area contributed by atoms with Crippen LogP contribution in [0.25, 0.3) is 0 Å². The third-order valence-corrected chi connectivity index (χ3v) is 7.79. The molecule has 29 heavy (non-hydrogen) atoms. The van der Waals surface area contributed by atoms with Gasteiger partial charge in [-0.05, 0) is 30.2 Å². The van der Waals surface area contributed by atoms with Crippen LogP contribution in [0, 0.1) is 0 Å². The molecule has 0 radical (unpaired) electrons. The van der Waals surface area contributed by atoms with Gasteiger partial charge < -0.3 is 5.32 Å². The highest BCUT2D eigenvalue weighted by Crippen LogP contribution is 2.17. The number of amides is 1. The summed E-state index contributed by atoms with van der Waals surface area (Å²) in [4.78, 5) is 12.2. The summed E-state index contributed by atoms with van der Waals surface area (Å²) in [5.74, 6) is -0.995. The lowest BCUT2D eigenvalue weighted by atomic mass is 10.1. The van der Waals surface area contributed by atoms with Crippen molar-refractivity contribution in [2.75, 3.05) is 19.8 Å². The highest BCUT2D eigenvalue weighted by molar-refractivity contribution is 7.90. The molecular weight excluding hydrogens is 412 g/mol. The van der Waals surface area contributed by atoms with Crippen molar-refractivity contribution in [2.45, 2.75) is 30.0 Å². The van der Waals surface area contributed by atoms with Crippen molar-refractivity contribution in [1.82, 2.24) is 9.62 Å². The molecule has 1 atom stereocenters. The van der Waals surface area contributed by atoms with Crippen molar-refractivity contribution in [3.8, 4) is 0 Å². The highest BCUT2D eigenvalue weighted by Gasteiger charge is 2.20. The van der Waals surface area contributed by atoms with Crippen molar-refractivity contribution >= 4 is 25.8 Å². The molecule has 158 valence electrons. The van der Waals surface area contributed by atoms with Crippen LogP contribution in [0.3, 0.4) is 0 Å². The molecule has 2 aromatic carbocycles. The van der Waals surface area contributed by atoms with Gasteiger partial charge in [-0.15, -0.1) is 0 Å². The number of nitrogens with one attached hydrogen (secondary N) is 1. The molecule has 1 unspecified atom stereocenters. The number of hydrogen-bond acceptors (Lipinski definition) is 5. The Hall–Kier alpha value is -2.23. The molecule has 0 saturated heterocycles. The van der Waals surface area contributed by atoms with Gasteiger partial charge in [0.05, 0.1) is 22.4 Å². The SMILES string of the molecule is CC(NC(=O)CCS(=O)(=O)Cc1cccc(S(=O)(=O)N(C)C)c1)c1ccccc1. The third kappa shape index (κ3) is 6.66. The van der Waals surface area contributed by atoms with Gasteiger partial charge in [0, 0.05) is 20.5 Å². The molecule has 0 aliphatic rings. The summed E-state index contributed by atoms with van der Waals surface area (Å²) in [6.07, 6.45) is -0.158. The first-order valence-electron chi connectivity index (χ1n) is 9.07. The van der Waals surface area contributed by atoms with Crippen LogP contribution in [0.4, 0.5) is 0 Å². The Morgan fingerprint density at radius 1 is 1.00 bits per heavy atom. The standard InChI is InChI=1S/C20H26N2O5S2/c1-16(18-9-5-4-6-10-18)21-20(23)12-13-28(24,25)15-17-8-7-11-19(14-17)29(26,27)22(2)3/h4-11,14,16H,12-13,15H2,1-3H3,(H,21,23). The summed E-state index contributed by atoms with van der Waals surface area (Å²) in [5.41, 5.74) is 1.30. The molecule has 0 bridgehead atoms. The first-order valence-corrected chi connectivity index (χ1v) is 12.3. The number of carbonyl (C=O) groups excluding carboxylic acids is 1. The van der Waals surface area contributed by atoms with E-state index in [2.05, 4.69) is 5.32 Å². The Balaban J connectivity index is 1.97. The van der Waals surface area contributed by atoms with Gasteiger partial charge in [0.25, 0.3) is 0 Å². The fourth-order valence-corrected chi connectivity index (χ4v) is 5.02. The van der Waals surface area contributed by atoms with Crippen molar-refractivity contribution in [3.05, 3.63) is 65.7 Å². The fraction of sp³-hybridized carbons (Fsp3) is 0.350. The second kappa shape index (κ2) is 9.51. The molecule has 0 heterocycles. The number of rotatable bonds is 9. The van der Waals surface area contributed by atoms with Gasteiger partial charge in [0.15, 0.2) is 9.84 Å². The van der Waals surface area contributed by atoms with Crippen LogP contribution in [0.5, 0.6) is 0 Å². The Kier molecular flexibility index (Phi) is 7.56. The summed E-state index contributed by atoms with van der Waals surface area (Å²) in [6, 6.07) is 15.0. The van der Waals surface area contributed by atoms with Gasteiger partial charge in [-0.1, -0.05) is 42.5 Å². The van der Waals surface area contributed by atoms with Crippen LogP contribution >= 0.6 is 0 Å². The number of benzene rings is 2. The quantitative estimate of drug-likeness (QED) is 0.646. The van der Waals surface area contributed by atoms with Gasteiger partial charge in [-0.25, -0.2) is 21.1 Å². The molecule has 1 N–H and O–H groups in total. The van der Waals surface area contributed by atoms with E-state index >= 15 is 0 Å². The molecule has 0 fully saturated rings. The minimum Gasteiger partial charge on any atom is -0.350 e.